The summed E-state index contributed by atoms with van der Waals surface area (Å²) in [5.74, 6) is 0.928. The fraction of sp³-hybridized carbons (Fsp3) is 0.588. The molecule has 2 fully saturated rings. The Kier molecular flexibility index (Phi) is 3.43. The Balaban J connectivity index is 1.56. The molecule has 1 saturated carbocycles. The third-order valence-electron chi connectivity index (χ3n) is 4.89. The van der Waals surface area contributed by atoms with Crippen molar-refractivity contribution >= 4 is 10.9 Å². The minimum atomic E-state index is 0.707. The lowest BCUT2D eigenvalue weighted by Gasteiger charge is -2.33. The van der Waals surface area contributed by atoms with Gasteiger partial charge in [-0.3, -0.25) is 9.58 Å². The van der Waals surface area contributed by atoms with Gasteiger partial charge in [-0.1, -0.05) is 18.2 Å². The quantitative estimate of drug-likeness (QED) is 0.935. The van der Waals surface area contributed by atoms with E-state index >= 15 is 0 Å². The van der Waals surface area contributed by atoms with E-state index in [1.165, 1.54) is 36.0 Å². The summed E-state index contributed by atoms with van der Waals surface area (Å²) < 4.78 is 2.13. The van der Waals surface area contributed by atoms with Crippen LogP contribution in [-0.2, 0) is 13.1 Å². The molecule has 2 aromatic rings. The summed E-state index contributed by atoms with van der Waals surface area (Å²) in [6, 6.07) is 9.33. The van der Waals surface area contributed by atoms with Crippen molar-refractivity contribution in [2.45, 2.75) is 38.9 Å². The summed E-state index contributed by atoms with van der Waals surface area (Å²) in [6.07, 6.45) is 2.83. The van der Waals surface area contributed by atoms with E-state index in [0.717, 1.165) is 32.1 Å². The van der Waals surface area contributed by atoms with Crippen molar-refractivity contribution in [1.82, 2.24) is 20.0 Å². The Morgan fingerprint density at radius 3 is 2.95 bits per heavy atom. The maximum Gasteiger partial charge on any atom is 0.0843 e. The van der Waals surface area contributed by atoms with Crippen LogP contribution in [0, 0.1) is 5.92 Å². The minimum Gasteiger partial charge on any atom is -0.311 e. The molecule has 1 aromatic heterocycles. The van der Waals surface area contributed by atoms with E-state index in [2.05, 4.69) is 46.1 Å². The second kappa shape index (κ2) is 5.43. The third-order valence-corrected chi connectivity index (χ3v) is 4.89. The molecule has 4 rings (SSSR count). The summed E-state index contributed by atoms with van der Waals surface area (Å²) in [6.45, 7) is 7.52. The van der Waals surface area contributed by atoms with Gasteiger partial charge in [0, 0.05) is 44.2 Å². The van der Waals surface area contributed by atoms with Crippen molar-refractivity contribution in [2.75, 3.05) is 19.6 Å². The lowest BCUT2D eigenvalue weighted by molar-refractivity contribution is 0.180. The fourth-order valence-electron chi connectivity index (χ4n) is 3.57. The molecule has 1 aliphatic heterocycles. The topological polar surface area (TPSA) is 33.1 Å². The van der Waals surface area contributed by atoms with Gasteiger partial charge >= 0.3 is 0 Å². The first kappa shape index (κ1) is 13.3. The molecule has 112 valence electrons. The van der Waals surface area contributed by atoms with Crippen LogP contribution in [0.4, 0.5) is 0 Å². The van der Waals surface area contributed by atoms with Crippen LogP contribution in [0.5, 0.6) is 0 Å². The smallest absolute Gasteiger partial charge is 0.0843 e. The van der Waals surface area contributed by atoms with Crippen molar-refractivity contribution in [3.63, 3.8) is 0 Å². The zero-order valence-electron chi connectivity index (χ0n) is 12.8. The van der Waals surface area contributed by atoms with Gasteiger partial charge in [-0.15, -0.1) is 0 Å². The van der Waals surface area contributed by atoms with Gasteiger partial charge in [-0.25, -0.2) is 0 Å². The highest BCUT2D eigenvalue weighted by Crippen LogP contribution is 2.34. The predicted molar refractivity (Wildman–Crippen MR) is 85.2 cm³/mol. The molecular formula is C17H24N4. The summed E-state index contributed by atoms with van der Waals surface area (Å²) in [7, 11) is 0. The zero-order chi connectivity index (χ0) is 14.2. The summed E-state index contributed by atoms with van der Waals surface area (Å²) in [5.41, 5.74) is 2.51. The average molecular weight is 284 g/mol. The van der Waals surface area contributed by atoms with Crippen LogP contribution in [0.1, 0.15) is 25.5 Å². The second-order valence-corrected chi connectivity index (χ2v) is 6.41. The number of piperazine rings is 1. The van der Waals surface area contributed by atoms with Crippen LogP contribution < -0.4 is 5.32 Å². The van der Waals surface area contributed by atoms with Gasteiger partial charge in [0.1, 0.15) is 0 Å². The highest BCUT2D eigenvalue weighted by atomic mass is 15.3. The van der Waals surface area contributed by atoms with E-state index in [1.54, 1.807) is 0 Å². The van der Waals surface area contributed by atoms with Crippen molar-refractivity contribution in [3.05, 3.63) is 30.0 Å². The van der Waals surface area contributed by atoms with E-state index in [4.69, 9.17) is 5.10 Å². The monoisotopic (exact) mass is 284 g/mol. The van der Waals surface area contributed by atoms with Gasteiger partial charge in [0.2, 0.25) is 0 Å². The third kappa shape index (κ3) is 2.58. The lowest BCUT2D eigenvalue weighted by atomic mass is 10.1. The summed E-state index contributed by atoms with van der Waals surface area (Å²) in [5, 5.41) is 9.85. The molecule has 2 heterocycles. The number of nitrogens with zero attached hydrogens (tertiary/aromatic N) is 3. The molecule has 0 bridgehead atoms. The highest BCUT2D eigenvalue weighted by Gasteiger charge is 2.34. The largest absolute Gasteiger partial charge is 0.311 e. The number of aryl methyl sites for hydroxylation is 1. The first-order chi connectivity index (χ1) is 10.3. The van der Waals surface area contributed by atoms with Crippen molar-refractivity contribution < 1.29 is 0 Å². The first-order valence-corrected chi connectivity index (χ1v) is 8.25. The van der Waals surface area contributed by atoms with Gasteiger partial charge in [-0.05, 0) is 31.7 Å². The van der Waals surface area contributed by atoms with Crippen LogP contribution >= 0.6 is 0 Å². The Bertz CT molecular complexity index is 629. The molecule has 1 aromatic carbocycles. The Labute approximate surface area is 126 Å². The summed E-state index contributed by atoms with van der Waals surface area (Å²) >= 11 is 0. The molecule has 1 N–H and O–H groups in total. The first-order valence-electron chi connectivity index (χ1n) is 8.25. The van der Waals surface area contributed by atoms with Crippen LogP contribution in [0.2, 0.25) is 0 Å². The molecule has 0 amide bonds. The molecule has 4 heteroatoms. The van der Waals surface area contributed by atoms with Gasteiger partial charge in [0.05, 0.1) is 11.2 Å². The molecule has 21 heavy (non-hydrogen) atoms. The standard InChI is InChI=1S/C17H24N4/c1-2-21-17-6-4-3-5-14(17)16(19-21)12-20-10-9-18-15(11-20)13-7-8-13/h3-6,13,15,18H,2,7-12H2,1H3. The molecule has 2 aliphatic rings. The number of para-hydroxylation sites is 1. The maximum absolute atomic E-state index is 4.84. The van der Waals surface area contributed by atoms with Crippen LogP contribution in [0.3, 0.4) is 0 Å². The maximum atomic E-state index is 4.84. The van der Waals surface area contributed by atoms with E-state index < -0.39 is 0 Å². The van der Waals surface area contributed by atoms with E-state index in [-0.39, 0.29) is 0 Å². The second-order valence-electron chi connectivity index (χ2n) is 6.41. The SMILES string of the molecule is CCn1nc(CN2CCNC(C3CC3)C2)c2ccccc21. The molecule has 4 nitrogen and oxygen atoms in total. The van der Waals surface area contributed by atoms with Crippen LogP contribution in [0.25, 0.3) is 10.9 Å². The van der Waals surface area contributed by atoms with Crippen LogP contribution in [0.15, 0.2) is 24.3 Å². The molecule has 1 saturated heterocycles. The van der Waals surface area contributed by atoms with Crippen molar-refractivity contribution in [1.29, 1.82) is 0 Å². The fourth-order valence-corrected chi connectivity index (χ4v) is 3.57. The van der Waals surface area contributed by atoms with Crippen LogP contribution in [-0.4, -0.2) is 40.4 Å². The molecule has 0 spiro atoms. The Morgan fingerprint density at radius 2 is 2.14 bits per heavy atom. The highest BCUT2D eigenvalue weighted by molar-refractivity contribution is 5.81. The van der Waals surface area contributed by atoms with E-state index in [1.807, 2.05) is 0 Å². The molecular weight excluding hydrogens is 260 g/mol. The Hall–Kier alpha value is -1.39. The van der Waals surface area contributed by atoms with Crippen molar-refractivity contribution in [2.24, 2.45) is 5.92 Å². The lowest BCUT2D eigenvalue weighted by Crippen LogP contribution is -2.51. The van der Waals surface area contributed by atoms with E-state index in [9.17, 15) is 0 Å². The van der Waals surface area contributed by atoms with Crippen molar-refractivity contribution in [3.8, 4) is 0 Å². The van der Waals surface area contributed by atoms with Gasteiger partial charge in [0.25, 0.3) is 0 Å². The molecule has 1 aliphatic carbocycles. The zero-order valence-corrected chi connectivity index (χ0v) is 12.8. The Morgan fingerprint density at radius 1 is 1.29 bits per heavy atom. The van der Waals surface area contributed by atoms with Gasteiger partial charge < -0.3 is 5.32 Å². The number of hydrogen-bond donors (Lipinski definition) is 1. The number of fused-ring (bicyclic) bond motifs is 1. The molecule has 1 atom stereocenters. The number of nitrogens with one attached hydrogen (secondary N) is 1. The number of hydrogen-bond acceptors (Lipinski definition) is 3. The molecule has 1 unspecified atom stereocenters. The van der Waals surface area contributed by atoms with E-state index in [0.29, 0.717) is 6.04 Å². The average Bonchev–Trinajstić information content (AvgIpc) is 3.32. The van der Waals surface area contributed by atoms with Gasteiger partial charge in [0.15, 0.2) is 0 Å². The number of aromatic nitrogens is 2. The predicted octanol–water partition coefficient (Wildman–Crippen LogP) is 2.24. The minimum absolute atomic E-state index is 0.707. The molecule has 0 radical (unpaired) electrons. The van der Waals surface area contributed by atoms with Gasteiger partial charge in [-0.2, -0.15) is 5.10 Å². The number of rotatable bonds is 4. The number of benzene rings is 1. The summed E-state index contributed by atoms with van der Waals surface area (Å²) in [4.78, 5) is 2.58. The normalized spacial score (nSPS) is 23.8.